The van der Waals surface area contributed by atoms with Gasteiger partial charge >= 0.3 is 12.6 Å². The summed E-state index contributed by atoms with van der Waals surface area (Å²) in [5.74, 6) is -1.23. The van der Waals surface area contributed by atoms with Crippen molar-refractivity contribution in [2.75, 3.05) is 14.2 Å². The van der Waals surface area contributed by atoms with Crippen molar-refractivity contribution in [1.82, 2.24) is 10.2 Å². The molecule has 1 aromatic carbocycles. The summed E-state index contributed by atoms with van der Waals surface area (Å²) in [4.78, 5) is 23.9. The zero-order valence-electron chi connectivity index (χ0n) is 13.9. The lowest BCUT2D eigenvalue weighted by Crippen LogP contribution is -2.17. The highest BCUT2D eigenvalue weighted by molar-refractivity contribution is 5.71. The van der Waals surface area contributed by atoms with Gasteiger partial charge in [-0.2, -0.15) is 8.78 Å². The van der Waals surface area contributed by atoms with E-state index in [1.165, 1.54) is 32.4 Å². The molecule has 0 aliphatic rings. The maximum absolute atomic E-state index is 12.5. The van der Waals surface area contributed by atoms with Crippen LogP contribution in [-0.2, 0) is 9.53 Å². The highest BCUT2D eigenvalue weighted by atomic mass is 19.3. The topological polar surface area (TPSA) is 93.4 Å². The Morgan fingerprint density at radius 1 is 1.20 bits per heavy atom. The third-order valence-corrected chi connectivity index (χ3v) is 3.77. The minimum atomic E-state index is -3.00. The van der Waals surface area contributed by atoms with E-state index in [0.29, 0.717) is 16.8 Å². The Balaban J connectivity index is 2.50. The van der Waals surface area contributed by atoms with Crippen molar-refractivity contribution in [3.8, 4) is 11.5 Å². The molecular weight excluding hydrogens is 338 g/mol. The van der Waals surface area contributed by atoms with Crippen LogP contribution in [0.5, 0.6) is 11.5 Å². The molecular formula is C16H18F2N2O5. The van der Waals surface area contributed by atoms with E-state index in [0.717, 1.165) is 0 Å². The molecule has 2 rings (SSSR count). The Bertz CT molecular complexity index is 800. The number of hydrogen-bond acceptors (Lipinski definition) is 5. The number of aromatic nitrogens is 2. The zero-order valence-corrected chi connectivity index (χ0v) is 13.9. The standard InChI is InChI=1S/C16H18F2N2O5/c1-8-14(15(22)20-19-8)10(7-13(21)24-3)9-4-5-11(25-16(17)18)12(6-9)23-2/h4-6,10,16H,7H2,1-3H3,(H2,19,20,22). The zero-order chi connectivity index (χ0) is 18.6. The molecule has 0 spiro atoms. The first-order valence-corrected chi connectivity index (χ1v) is 7.34. The molecule has 136 valence electrons. The van der Waals surface area contributed by atoms with E-state index in [4.69, 9.17) is 9.47 Å². The number of alkyl halides is 2. The molecule has 0 aliphatic heterocycles. The summed E-state index contributed by atoms with van der Waals surface area (Å²) in [5.41, 5.74) is 1.07. The van der Waals surface area contributed by atoms with E-state index in [1.54, 1.807) is 6.92 Å². The smallest absolute Gasteiger partial charge is 0.387 e. The number of aromatic amines is 2. The van der Waals surface area contributed by atoms with Gasteiger partial charge in [0.2, 0.25) is 0 Å². The second-order valence-corrected chi connectivity index (χ2v) is 5.24. The summed E-state index contributed by atoms with van der Waals surface area (Å²) in [5, 5.41) is 5.16. The number of H-pyrrole nitrogens is 2. The molecule has 0 aliphatic carbocycles. The molecule has 0 fully saturated rings. The average Bonchev–Trinajstić information content (AvgIpc) is 2.91. The van der Waals surface area contributed by atoms with Crippen molar-refractivity contribution in [3.05, 3.63) is 45.4 Å². The SMILES string of the molecule is COC(=O)CC(c1ccc(OC(F)F)c(OC)c1)c1c(C)[nH][nH]c1=O. The molecule has 1 aromatic heterocycles. The first-order valence-electron chi connectivity index (χ1n) is 7.34. The van der Waals surface area contributed by atoms with Crippen molar-refractivity contribution >= 4 is 5.97 Å². The highest BCUT2D eigenvalue weighted by Crippen LogP contribution is 2.35. The third kappa shape index (κ3) is 4.17. The van der Waals surface area contributed by atoms with Crippen LogP contribution in [0, 0.1) is 6.92 Å². The lowest BCUT2D eigenvalue weighted by atomic mass is 9.88. The molecule has 0 bridgehead atoms. The number of carbonyl (C=O) groups is 1. The maximum Gasteiger partial charge on any atom is 0.387 e. The molecule has 9 heteroatoms. The highest BCUT2D eigenvalue weighted by Gasteiger charge is 2.26. The van der Waals surface area contributed by atoms with Crippen molar-refractivity contribution < 1.29 is 27.8 Å². The summed E-state index contributed by atoms with van der Waals surface area (Å²) < 4.78 is 39.1. The number of ether oxygens (including phenoxy) is 3. The number of carbonyl (C=O) groups excluding carboxylic acids is 1. The quantitative estimate of drug-likeness (QED) is 0.743. The van der Waals surface area contributed by atoms with Crippen LogP contribution in [0.3, 0.4) is 0 Å². The molecule has 2 N–H and O–H groups in total. The Morgan fingerprint density at radius 2 is 1.92 bits per heavy atom. The molecule has 0 saturated carbocycles. The lowest BCUT2D eigenvalue weighted by Gasteiger charge is -2.18. The van der Waals surface area contributed by atoms with Crippen LogP contribution in [0.4, 0.5) is 8.78 Å². The molecule has 25 heavy (non-hydrogen) atoms. The van der Waals surface area contributed by atoms with E-state index >= 15 is 0 Å². The molecule has 0 saturated heterocycles. The predicted molar refractivity (Wildman–Crippen MR) is 84.3 cm³/mol. The van der Waals surface area contributed by atoms with Gasteiger partial charge in [-0.05, 0) is 24.6 Å². The van der Waals surface area contributed by atoms with Crippen LogP contribution in [-0.4, -0.2) is 37.0 Å². The van der Waals surface area contributed by atoms with Gasteiger partial charge in [0.25, 0.3) is 5.56 Å². The summed E-state index contributed by atoms with van der Waals surface area (Å²) in [7, 11) is 2.55. The van der Waals surface area contributed by atoms with Crippen LogP contribution in [0.15, 0.2) is 23.0 Å². The molecule has 1 atom stereocenters. The number of esters is 1. The maximum atomic E-state index is 12.5. The van der Waals surface area contributed by atoms with Gasteiger partial charge in [0.1, 0.15) is 0 Å². The summed E-state index contributed by atoms with van der Waals surface area (Å²) in [6, 6.07) is 4.26. The second-order valence-electron chi connectivity index (χ2n) is 5.24. The second kappa shape index (κ2) is 7.82. The average molecular weight is 356 g/mol. The fourth-order valence-corrected chi connectivity index (χ4v) is 2.61. The van der Waals surface area contributed by atoms with Crippen molar-refractivity contribution in [1.29, 1.82) is 0 Å². The monoisotopic (exact) mass is 356 g/mol. The molecule has 7 nitrogen and oxygen atoms in total. The first-order chi connectivity index (χ1) is 11.9. The first kappa shape index (κ1) is 18.5. The molecule has 0 amide bonds. The fraction of sp³-hybridized carbons (Fsp3) is 0.375. The van der Waals surface area contributed by atoms with Crippen LogP contribution in [0.25, 0.3) is 0 Å². The van der Waals surface area contributed by atoms with Gasteiger partial charge in [-0.3, -0.25) is 14.7 Å². The van der Waals surface area contributed by atoms with Crippen LogP contribution >= 0.6 is 0 Å². The van der Waals surface area contributed by atoms with Gasteiger partial charge in [-0.1, -0.05) is 6.07 Å². The van der Waals surface area contributed by atoms with E-state index in [9.17, 15) is 18.4 Å². The Kier molecular flexibility index (Phi) is 5.79. The van der Waals surface area contributed by atoms with Crippen LogP contribution in [0.1, 0.15) is 29.2 Å². The number of methoxy groups -OCH3 is 2. The summed E-state index contributed by atoms with van der Waals surface area (Å²) in [6.07, 6.45) is -0.101. The van der Waals surface area contributed by atoms with Crippen LogP contribution < -0.4 is 15.0 Å². The Labute approximate surface area is 141 Å². The molecule has 0 radical (unpaired) electrons. The van der Waals surface area contributed by atoms with Gasteiger partial charge in [-0.15, -0.1) is 0 Å². The largest absolute Gasteiger partial charge is 0.493 e. The molecule has 1 unspecified atom stereocenters. The Hall–Kier alpha value is -2.84. The van der Waals surface area contributed by atoms with E-state index in [-0.39, 0.29) is 23.5 Å². The minimum Gasteiger partial charge on any atom is -0.493 e. The van der Waals surface area contributed by atoms with Crippen molar-refractivity contribution in [2.24, 2.45) is 0 Å². The van der Waals surface area contributed by atoms with Crippen molar-refractivity contribution in [3.63, 3.8) is 0 Å². The van der Waals surface area contributed by atoms with Gasteiger partial charge in [0, 0.05) is 17.2 Å². The number of rotatable bonds is 7. The van der Waals surface area contributed by atoms with E-state index in [2.05, 4.69) is 14.9 Å². The molecule has 2 aromatic rings. The van der Waals surface area contributed by atoms with Gasteiger partial charge < -0.3 is 19.3 Å². The summed E-state index contributed by atoms with van der Waals surface area (Å²) in [6.45, 7) is -1.32. The predicted octanol–water partition coefficient (Wildman–Crippen LogP) is 2.32. The summed E-state index contributed by atoms with van der Waals surface area (Å²) >= 11 is 0. The van der Waals surface area contributed by atoms with Crippen molar-refractivity contribution in [2.45, 2.75) is 25.9 Å². The van der Waals surface area contributed by atoms with Gasteiger partial charge in [0.05, 0.1) is 20.6 Å². The number of halogens is 2. The number of nitrogens with one attached hydrogen (secondary N) is 2. The Morgan fingerprint density at radius 3 is 2.44 bits per heavy atom. The van der Waals surface area contributed by atoms with Gasteiger partial charge in [0.15, 0.2) is 11.5 Å². The normalized spacial score (nSPS) is 12.1. The minimum absolute atomic E-state index is 0.0669. The van der Waals surface area contributed by atoms with Crippen LogP contribution in [0.2, 0.25) is 0 Å². The van der Waals surface area contributed by atoms with E-state index in [1.807, 2.05) is 0 Å². The number of hydrogen-bond donors (Lipinski definition) is 2. The lowest BCUT2D eigenvalue weighted by molar-refractivity contribution is -0.140. The fourth-order valence-electron chi connectivity index (χ4n) is 2.61. The van der Waals surface area contributed by atoms with Gasteiger partial charge in [-0.25, -0.2) is 0 Å². The number of benzene rings is 1. The number of aryl methyl sites for hydroxylation is 1. The third-order valence-electron chi connectivity index (χ3n) is 3.77. The molecule has 1 heterocycles. The van der Waals surface area contributed by atoms with E-state index < -0.39 is 18.5 Å².